The third-order valence-electron chi connectivity index (χ3n) is 5.69. The van der Waals surface area contributed by atoms with E-state index >= 15 is 0 Å². The van der Waals surface area contributed by atoms with E-state index in [2.05, 4.69) is 15.4 Å². The number of ether oxygens (including phenoxy) is 1. The highest BCUT2D eigenvalue weighted by Crippen LogP contribution is 2.25. The summed E-state index contributed by atoms with van der Waals surface area (Å²) in [7, 11) is 0. The van der Waals surface area contributed by atoms with Crippen LogP contribution in [0, 0.1) is 13.8 Å². The summed E-state index contributed by atoms with van der Waals surface area (Å²) in [5, 5.41) is 7.38. The van der Waals surface area contributed by atoms with E-state index in [0.29, 0.717) is 31.7 Å². The zero-order valence-electron chi connectivity index (χ0n) is 18.6. The summed E-state index contributed by atoms with van der Waals surface area (Å²) in [5.74, 6) is 1.53. The van der Waals surface area contributed by atoms with Crippen molar-refractivity contribution in [1.29, 1.82) is 0 Å². The van der Waals surface area contributed by atoms with Crippen LogP contribution in [0.4, 0.5) is 0 Å². The number of nitrogens with zero attached hydrogens (tertiary/aromatic N) is 4. The zero-order chi connectivity index (χ0) is 22.5. The number of benzene rings is 1. The molecule has 1 aliphatic rings. The number of carbonyl (C=O) groups is 1. The minimum Gasteiger partial charge on any atom is -0.488 e. The number of pyridine rings is 1. The Morgan fingerprint density at radius 1 is 1.22 bits per heavy atom. The predicted octanol–water partition coefficient (Wildman–Crippen LogP) is 2.79. The highest BCUT2D eigenvalue weighted by Gasteiger charge is 2.16. The van der Waals surface area contributed by atoms with Crippen LogP contribution in [0.15, 0.2) is 41.5 Å². The Balaban J connectivity index is 1.30. The lowest BCUT2D eigenvalue weighted by Crippen LogP contribution is -2.29. The number of fused-ring (bicyclic) bond motifs is 1. The third-order valence-corrected chi connectivity index (χ3v) is 5.69. The molecule has 2 aromatic heterocycles. The number of rotatable bonds is 8. The monoisotopic (exact) mass is 435 g/mol. The summed E-state index contributed by atoms with van der Waals surface area (Å²) in [5.41, 5.74) is 3.37. The van der Waals surface area contributed by atoms with Gasteiger partial charge in [0, 0.05) is 49.6 Å². The van der Waals surface area contributed by atoms with Crippen LogP contribution in [0.2, 0.25) is 0 Å². The zero-order valence-corrected chi connectivity index (χ0v) is 18.6. The Hall–Kier alpha value is -3.42. The first-order chi connectivity index (χ1) is 15.5. The maximum atomic E-state index is 12.6. The van der Waals surface area contributed by atoms with Gasteiger partial charge in [0.05, 0.1) is 0 Å². The first-order valence-corrected chi connectivity index (χ1v) is 11.1. The minimum absolute atomic E-state index is 0.0425. The van der Waals surface area contributed by atoms with Gasteiger partial charge in [0.15, 0.2) is 0 Å². The summed E-state index contributed by atoms with van der Waals surface area (Å²) in [6.07, 6.45) is 7.12. The molecule has 8 heteroatoms. The van der Waals surface area contributed by atoms with Gasteiger partial charge in [-0.05, 0) is 62.4 Å². The molecule has 0 atom stereocenters. The van der Waals surface area contributed by atoms with E-state index in [1.807, 2.05) is 38.1 Å². The molecule has 0 spiro atoms. The Labute approximate surface area is 187 Å². The molecule has 0 saturated heterocycles. The Morgan fingerprint density at radius 2 is 2.03 bits per heavy atom. The molecule has 3 heterocycles. The van der Waals surface area contributed by atoms with Crippen molar-refractivity contribution >= 4 is 5.91 Å². The van der Waals surface area contributed by atoms with Gasteiger partial charge in [-0.1, -0.05) is 6.07 Å². The van der Waals surface area contributed by atoms with Crippen LogP contribution < -0.4 is 15.7 Å². The highest BCUT2D eigenvalue weighted by molar-refractivity contribution is 5.94. The molecule has 1 N–H and O–H groups in total. The van der Waals surface area contributed by atoms with E-state index in [0.717, 1.165) is 54.1 Å². The van der Waals surface area contributed by atoms with Crippen LogP contribution in [0.5, 0.6) is 5.75 Å². The second kappa shape index (κ2) is 9.80. The SMILES string of the molecule is Cc1cc(C(=O)NCCCn2nc3n(c2=O)CCCC3)cc(C)c1OCc1cccnc1. The number of nitrogens with one attached hydrogen (secondary N) is 1. The van der Waals surface area contributed by atoms with Gasteiger partial charge >= 0.3 is 5.69 Å². The lowest BCUT2D eigenvalue weighted by atomic mass is 10.0. The summed E-state index contributed by atoms with van der Waals surface area (Å²) in [4.78, 5) is 29.1. The van der Waals surface area contributed by atoms with Crippen molar-refractivity contribution in [3.05, 3.63) is 75.2 Å². The van der Waals surface area contributed by atoms with Crippen LogP contribution >= 0.6 is 0 Å². The van der Waals surface area contributed by atoms with Crippen LogP contribution in [0.25, 0.3) is 0 Å². The first kappa shape index (κ1) is 21.8. The molecule has 8 nitrogen and oxygen atoms in total. The Bertz CT molecular complexity index is 1130. The maximum Gasteiger partial charge on any atom is 0.345 e. The van der Waals surface area contributed by atoms with Gasteiger partial charge in [-0.2, -0.15) is 5.10 Å². The fourth-order valence-corrected chi connectivity index (χ4v) is 4.08. The van der Waals surface area contributed by atoms with E-state index in [1.54, 1.807) is 17.0 Å². The summed E-state index contributed by atoms with van der Waals surface area (Å²) >= 11 is 0. The third kappa shape index (κ3) is 4.90. The number of hydrogen-bond donors (Lipinski definition) is 1. The van der Waals surface area contributed by atoms with Crippen LogP contribution in [-0.2, 0) is 26.1 Å². The molecule has 0 bridgehead atoms. The molecule has 0 unspecified atom stereocenters. The molecule has 1 aromatic carbocycles. The number of hydrogen-bond acceptors (Lipinski definition) is 5. The smallest absolute Gasteiger partial charge is 0.345 e. The number of aromatic nitrogens is 4. The average molecular weight is 436 g/mol. The molecule has 0 radical (unpaired) electrons. The van der Waals surface area contributed by atoms with Gasteiger partial charge < -0.3 is 10.1 Å². The first-order valence-electron chi connectivity index (χ1n) is 11.1. The second-order valence-corrected chi connectivity index (χ2v) is 8.23. The van der Waals surface area contributed by atoms with E-state index in [-0.39, 0.29) is 11.6 Å². The number of amides is 1. The molecular formula is C24H29N5O3. The number of aryl methyl sites for hydroxylation is 4. The molecule has 3 aromatic rings. The van der Waals surface area contributed by atoms with E-state index < -0.39 is 0 Å². The van der Waals surface area contributed by atoms with E-state index in [1.165, 1.54) is 4.68 Å². The van der Waals surface area contributed by atoms with Crippen molar-refractivity contribution in [1.82, 2.24) is 24.6 Å². The van der Waals surface area contributed by atoms with Gasteiger partial charge in [0.2, 0.25) is 0 Å². The topological polar surface area (TPSA) is 91.0 Å². The van der Waals surface area contributed by atoms with Crippen LogP contribution in [0.1, 0.15) is 52.1 Å². The Kier molecular flexibility index (Phi) is 6.68. The maximum absolute atomic E-state index is 12.6. The molecule has 168 valence electrons. The van der Waals surface area contributed by atoms with Gasteiger partial charge in [0.25, 0.3) is 5.91 Å². The number of carbonyl (C=O) groups excluding carboxylic acids is 1. The quantitative estimate of drug-likeness (QED) is 0.550. The van der Waals surface area contributed by atoms with Crippen molar-refractivity contribution in [3.63, 3.8) is 0 Å². The summed E-state index contributed by atoms with van der Waals surface area (Å²) in [6.45, 7) is 6.04. The van der Waals surface area contributed by atoms with Crippen molar-refractivity contribution in [3.8, 4) is 5.75 Å². The molecule has 4 rings (SSSR count). The van der Waals surface area contributed by atoms with Gasteiger partial charge in [-0.3, -0.25) is 14.3 Å². The molecule has 0 fully saturated rings. The van der Waals surface area contributed by atoms with Crippen molar-refractivity contribution in [2.75, 3.05) is 6.54 Å². The van der Waals surface area contributed by atoms with Crippen molar-refractivity contribution in [2.45, 2.75) is 59.2 Å². The molecule has 0 saturated carbocycles. The largest absolute Gasteiger partial charge is 0.488 e. The molecular weight excluding hydrogens is 406 g/mol. The van der Waals surface area contributed by atoms with Crippen molar-refractivity contribution < 1.29 is 9.53 Å². The lowest BCUT2D eigenvalue weighted by Gasteiger charge is -2.14. The lowest BCUT2D eigenvalue weighted by molar-refractivity contribution is 0.0952. The fraction of sp³-hybridized carbons (Fsp3) is 0.417. The molecule has 1 aliphatic heterocycles. The van der Waals surface area contributed by atoms with Gasteiger partial charge in [-0.15, -0.1) is 0 Å². The minimum atomic E-state index is -0.133. The normalized spacial score (nSPS) is 12.9. The molecule has 0 aliphatic carbocycles. The van der Waals surface area contributed by atoms with Crippen LogP contribution in [-0.4, -0.2) is 31.8 Å². The molecule has 32 heavy (non-hydrogen) atoms. The highest BCUT2D eigenvalue weighted by atomic mass is 16.5. The standard InChI is InChI=1S/C24H29N5O3/c1-17-13-20(14-18(2)22(17)32-16-19-7-5-9-25-15-19)23(30)26-10-6-12-29-24(31)28-11-4-3-8-21(28)27-29/h5,7,9,13-15H,3-4,6,8,10-12,16H2,1-2H3,(H,26,30). The van der Waals surface area contributed by atoms with Crippen molar-refractivity contribution in [2.24, 2.45) is 0 Å². The summed E-state index contributed by atoms with van der Waals surface area (Å²) in [6, 6.07) is 7.53. The Morgan fingerprint density at radius 3 is 2.75 bits per heavy atom. The summed E-state index contributed by atoms with van der Waals surface area (Å²) < 4.78 is 9.26. The van der Waals surface area contributed by atoms with E-state index in [4.69, 9.17) is 4.74 Å². The van der Waals surface area contributed by atoms with Gasteiger partial charge in [-0.25, -0.2) is 9.48 Å². The predicted molar refractivity (Wildman–Crippen MR) is 121 cm³/mol. The van der Waals surface area contributed by atoms with E-state index in [9.17, 15) is 9.59 Å². The molecule has 1 amide bonds. The fourth-order valence-electron chi connectivity index (χ4n) is 4.08. The average Bonchev–Trinajstić information content (AvgIpc) is 3.12. The van der Waals surface area contributed by atoms with Crippen LogP contribution in [0.3, 0.4) is 0 Å². The second-order valence-electron chi connectivity index (χ2n) is 8.23. The van der Waals surface area contributed by atoms with Gasteiger partial charge in [0.1, 0.15) is 18.2 Å².